The summed E-state index contributed by atoms with van der Waals surface area (Å²) in [5.74, 6) is -0.867. The van der Waals surface area contributed by atoms with Crippen LogP contribution in [0.25, 0.3) is 0 Å². The van der Waals surface area contributed by atoms with Gasteiger partial charge in [-0.1, -0.05) is 25.0 Å². The fourth-order valence-electron chi connectivity index (χ4n) is 6.93. The fraction of sp³-hybridized carbons (Fsp3) is 0.633. The minimum absolute atomic E-state index is 0.0395. The van der Waals surface area contributed by atoms with E-state index in [1.165, 1.54) is 0 Å². The summed E-state index contributed by atoms with van der Waals surface area (Å²) in [6.07, 6.45) is 5.30. The summed E-state index contributed by atoms with van der Waals surface area (Å²) in [4.78, 5) is 44.3. The highest BCUT2D eigenvalue weighted by molar-refractivity contribution is 5.93. The second-order valence-electron chi connectivity index (χ2n) is 12.5. The zero-order valence-electron chi connectivity index (χ0n) is 23.0. The van der Waals surface area contributed by atoms with Crippen molar-refractivity contribution in [2.75, 3.05) is 6.54 Å². The van der Waals surface area contributed by atoms with Gasteiger partial charge in [0.25, 0.3) is 0 Å². The molecule has 3 heterocycles. The van der Waals surface area contributed by atoms with Gasteiger partial charge in [-0.15, -0.1) is 0 Å². The van der Waals surface area contributed by atoms with E-state index in [0.717, 1.165) is 44.1 Å². The number of likely N-dealkylation sites (tertiary alicyclic amines) is 1. The number of nitrogens with one attached hydrogen (secondary N) is 1. The van der Waals surface area contributed by atoms with Crippen LogP contribution in [0.5, 0.6) is 0 Å². The summed E-state index contributed by atoms with van der Waals surface area (Å²) in [6, 6.07) is 10.6. The first-order valence-corrected chi connectivity index (χ1v) is 14.1. The molecule has 39 heavy (non-hydrogen) atoms. The minimum Gasteiger partial charge on any atom is -0.444 e. The molecule has 9 nitrogen and oxygen atoms in total. The molecule has 5 rings (SSSR count). The molecule has 3 amide bonds. The van der Waals surface area contributed by atoms with Gasteiger partial charge >= 0.3 is 6.09 Å². The Morgan fingerprint density at radius 3 is 2.51 bits per heavy atom. The molecule has 0 radical (unpaired) electrons. The Labute approximate surface area is 230 Å². The number of ether oxygens (including phenoxy) is 1. The number of nitriles is 2. The van der Waals surface area contributed by atoms with Crippen LogP contribution in [0, 0.1) is 28.6 Å². The third kappa shape index (κ3) is 5.07. The van der Waals surface area contributed by atoms with Crippen molar-refractivity contribution in [1.82, 2.24) is 15.1 Å². The summed E-state index contributed by atoms with van der Waals surface area (Å²) in [6.45, 7) is 5.73. The zero-order chi connectivity index (χ0) is 27.9. The van der Waals surface area contributed by atoms with E-state index >= 15 is 0 Å². The minimum atomic E-state index is -0.738. The van der Waals surface area contributed by atoms with Crippen molar-refractivity contribution in [3.63, 3.8) is 0 Å². The van der Waals surface area contributed by atoms with E-state index in [2.05, 4.69) is 17.5 Å². The van der Waals surface area contributed by atoms with Crippen molar-refractivity contribution in [3.8, 4) is 12.1 Å². The average molecular weight is 532 g/mol. The largest absolute Gasteiger partial charge is 0.444 e. The molecule has 4 fully saturated rings. The Morgan fingerprint density at radius 2 is 1.85 bits per heavy atom. The molecule has 5 atom stereocenters. The molecule has 3 saturated heterocycles. The van der Waals surface area contributed by atoms with Crippen LogP contribution in [-0.2, 0) is 14.3 Å². The Hall–Kier alpha value is -3.59. The molecule has 1 aromatic rings. The second kappa shape index (κ2) is 10.2. The van der Waals surface area contributed by atoms with Crippen LogP contribution >= 0.6 is 0 Å². The van der Waals surface area contributed by atoms with Crippen molar-refractivity contribution in [2.24, 2.45) is 5.92 Å². The Bertz CT molecular complexity index is 1240. The topological polar surface area (TPSA) is 127 Å². The first-order valence-electron chi connectivity index (χ1n) is 14.1. The summed E-state index contributed by atoms with van der Waals surface area (Å²) < 4.78 is 5.41. The van der Waals surface area contributed by atoms with Crippen LogP contribution in [0.4, 0.5) is 4.79 Å². The number of hydrogen-bond donors (Lipinski definition) is 1. The summed E-state index contributed by atoms with van der Waals surface area (Å²) in [5, 5.41) is 22.3. The van der Waals surface area contributed by atoms with Gasteiger partial charge in [0.15, 0.2) is 0 Å². The smallest absolute Gasteiger partial charge is 0.408 e. The number of amides is 3. The highest BCUT2D eigenvalue weighted by atomic mass is 16.6. The molecule has 4 aliphatic rings. The first-order chi connectivity index (χ1) is 18.6. The molecule has 1 aliphatic carbocycles. The standard InChI is InChI=1S/C30H37N5O4/c1-29(2,3)39-28(38)33-24-10-5-4-9-21-11-12-25(35(21)26(24)36)27(37)34-18-22(23(17-32)30(34)13-14-30)20-8-6-7-19(15-20)16-31/h6-8,15,21-25H,4-5,9-14,18H2,1-3H3,(H,33,38)/t21-,22-,23-,24-,25-/m0/s1. The van der Waals surface area contributed by atoms with Gasteiger partial charge in [-0.05, 0) is 77.0 Å². The van der Waals surface area contributed by atoms with E-state index in [-0.39, 0.29) is 29.7 Å². The predicted octanol–water partition coefficient (Wildman–Crippen LogP) is 3.98. The van der Waals surface area contributed by atoms with Gasteiger partial charge < -0.3 is 19.9 Å². The quantitative estimate of drug-likeness (QED) is 0.629. The van der Waals surface area contributed by atoms with Crippen LogP contribution in [0.15, 0.2) is 24.3 Å². The number of fused-ring (bicyclic) bond motifs is 1. The maximum Gasteiger partial charge on any atom is 0.408 e. The van der Waals surface area contributed by atoms with Gasteiger partial charge in [0.2, 0.25) is 11.8 Å². The third-order valence-corrected chi connectivity index (χ3v) is 8.82. The van der Waals surface area contributed by atoms with E-state index in [1.807, 2.05) is 23.1 Å². The van der Waals surface area contributed by atoms with Gasteiger partial charge in [-0.3, -0.25) is 9.59 Å². The number of carbonyl (C=O) groups is 3. The van der Waals surface area contributed by atoms with E-state index in [4.69, 9.17) is 4.74 Å². The Morgan fingerprint density at radius 1 is 1.10 bits per heavy atom. The molecule has 0 bridgehead atoms. The third-order valence-electron chi connectivity index (χ3n) is 8.82. The monoisotopic (exact) mass is 531 g/mol. The molecule has 1 saturated carbocycles. The molecule has 0 aromatic heterocycles. The van der Waals surface area contributed by atoms with Crippen LogP contribution in [0.3, 0.4) is 0 Å². The number of rotatable bonds is 3. The zero-order valence-corrected chi connectivity index (χ0v) is 23.0. The van der Waals surface area contributed by atoms with Crippen molar-refractivity contribution < 1.29 is 19.1 Å². The van der Waals surface area contributed by atoms with Crippen molar-refractivity contribution in [2.45, 2.75) is 107 Å². The second-order valence-corrected chi connectivity index (χ2v) is 12.5. The van der Waals surface area contributed by atoms with Gasteiger partial charge in [0.05, 0.1) is 29.2 Å². The van der Waals surface area contributed by atoms with Crippen molar-refractivity contribution in [3.05, 3.63) is 35.4 Å². The van der Waals surface area contributed by atoms with Gasteiger partial charge in [-0.2, -0.15) is 10.5 Å². The fourth-order valence-corrected chi connectivity index (χ4v) is 6.93. The number of carbonyl (C=O) groups excluding carboxylic acids is 3. The van der Waals surface area contributed by atoms with Gasteiger partial charge in [-0.25, -0.2) is 4.79 Å². The molecule has 206 valence electrons. The summed E-state index contributed by atoms with van der Waals surface area (Å²) in [5.41, 5.74) is 0.234. The molecule has 1 N–H and O–H groups in total. The first kappa shape index (κ1) is 27.0. The van der Waals surface area contributed by atoms with Crippen LogP contribution in [-0.4, -0.2) is 63.5 Å². The summed E-state index contributed by atoms with van der Waals surface area (Å²) >= 11 is 0. The van der Waals surface area contributed by atoms with E-state index < -0.39 is 29.3 Å². The number of alkyl carbamates (subject to hydrolysis) is 1. The lowest BCUT2D eigenvalue weighted by Crippen LogP contribution is -2.58. The molecular weight excluding hydrogens is 494 g/mol. The summed E-state index contributed by atoms with van der Waals surface area (Å²) in [7, 11) is 0. The molecule has 1 aromatic carbocycles. The van der Waals surface area contributed by atoms with Crippen LogP contribution in [0.1, 0.15) is 89.2 Å². The van der Waals surface area contributed by atoms with E-state index in [0.29, 0.717) is 24.9 Å². The normalized spacial score (nSPS) is 29.6. The lowest BCUT2D eigenvalue weighted by atomic mass is 9.84. The van der Waals surface area contributed by atoms with Crippen molar-refractivity contribution >= 4 is 17.9 Å². The Kier molecular flexibility index (Phi) is 7.05. The molecule has 3 aliphatic heterocycles. The molecule has 9 heteroatoms. The maximum atomic E-state index is 14.2. The van der Waals surface area contributed by atoms with Crippen molar-refractivity contribution in [1.29, 1.82) is 10.5 Å². The van der Waals surface area contributed by atoms with E-state index in [9.17, 15) is 24.9 Å². The van der Waals surface area contributed by atoms with Crippen LogP contribution in [0.2, 0.25) is 0 Å². The average Bonchev–Trinajstić information content (AvgIpc) is 3.45. The highest BCUT2D eigenvalue weighted by Gasteiger charge is 2.64. The van der Waals surface area contributed by atoms with Crippen LogP contribution < -0.4 is 5.32 Å². The number of benzene rings is 1. The lowest BCUT2D eigenvalue weighted by molar-refractivity contribution is -0.148. The number of nitrogens with zero attached hydrogens (tertiary/aromatic N) is 4. The van der Waals surface area contributed by atoms with Gasteiger partial charge in [0, 0.05) is 18.5 Å². The molecular formula is C30H37N5O4. The SMILES string of the molecule is CC(C)(C)OC(=O)N[C@H]1CCCC[C@H]2CC[C@@H](C(=O)N3C[C@@H](c4cccc(C#N)c4)[C@H](C#N)C34CC4)N2C1=O. The Balaban J connectivity index is 1.39. The lowest BCUT2D eigenvalue weighted by Gasteiger charge is -2.37. The maximum absolute atomic E-state index is 14.2. The van der Waals surface area contributed by atoms with E-state index in [1.54, 1.807) is 31.7 Å². The number of hydrogen-bond acceptors (Lipinski definition) is 6. The molecule has 1 spiro atoms. The highest BCUT2D eigenvalue weighted by Crippen LogP contribution is 2.58. The predicted molar refractivity (Wildman–Crippen MR) is 142 cm³/mol. The van der Waals surface area contributed by atoms with Gasteiger partial charge in [0.1, 0.15) is 17.7 Å². The molecule has 0 unspecified atom stereocenters.